The molecule has 0 fully saturated rings. The fourth-order valence-corrected chi connectivity index (χ4v) is 4.22. The second-order valence-electron chi connectivity index (χ2n) is 8.29. The number of halogens is 1. The molecular formula is C29H24FN3O. The maximum absolute atomic E-state index is 14.1. The quantitative estimate of drug-likeness (QED) is 0.304. The minimum Gasteiger partial charge on any atom is -0.327 e. The first kappa shape index (κ1) is 21.6. The first-order chi connectivity index (χ1) is 16.6. The molecule has 0 atom stereocenters. The van der Waals surface area contributed by atoms with Crippen LogP contribution in [-0.4, -0.2) is 20.4 Å². The highest BCUT2D eigenvalue weighted by Crippen LogP contribution is 2.24. The summed E-state index contributed by atoms with van der Waals surface area (Å²) < 4.78 is 16.1. The van der Waals surface area contributed by atoms with Crippen LogP contribution in [0.2, 0.25) is 0 Å². The highest BCUT2D eigenvalue weighted by Gasteiger charge is 2.22. The van der Waals surface area contributed by atoms with E-state index in [2.05, 4.69) is 4.57 Å². The molecule has 0 aliphatic heterocycles. The molecule has 4 nitrogen and oxygen atoms in total. The Bertz CT molecular complexity index is 1440. The summed E-state index contributed by atoms with van der Waals surface area (Å²) >= 11 is 0. The molecule has 0 radical (unpaired) electrons. The van der Waals surface area contributed by atoms with Crippen LogP contribution in [0.25, 0.3) is 16.7 Å². The van der Waals surface area contributed by atoms with Crippen molar-refractivity contribution in [3.63, 3.8) is 0 Å². The van der Waals surface area contributed by atoms with Crippen molar-refractivity contribution in [2.75, 3.05) is 0 Å². The third kappa shape index (κ3) is 4.33. The van der Waals surface area contributed by atoms with Gasteiger partial charge in [0.15, 0.2) is 0 Å². The van der Waals surface area contributed by atoms with Gasteiger partial charge in [-0.15, -0.1) is 0 Å². The molecule has 5 heteroatoms. The highest BCUT2D eigenvalue weighted by molar-refractivity contribution is 5.95. The van der Waals surface area contributed by atoms with Crippen LogP contribution in [0.5, 0.6) is 0 Å². The lowest BCUT2D eigenvalue weighted by Crippen LogP contribution is -2.32. The van der Waals surface area contributed by atoms with E-state index < -0.39 is 5.82 Å². The number of carbonyl (C=O) groups excluding carboxylic acids is 1. The summed E-state index contributed by atoms with van der Waals surface area (Å²) in [7, 11) is 0. The summed E-state index contributed by atoms with van der Waals surface area (Å²) in [5, 5.41) is 0. The van der Waals surface area contributed by atoms with Gasteiger partial charge >= 0.3 is 0 Å². The van der Waals surface area contributed by atoms with Gasteiger partial charge < -0.3 is 4.90 Å². The molecule has 168 valence electrons. The third-order valence-corrected chi connectivity index (χ3v) is 5.91. The minimum atomic E-state index is -0.426. The van der Waals surface area contributed by atoms with E-state index in [0.29, 0.717) is 12.1 Å². The zero-order valence-corrected chi connectivity index (χ0v) is 18.9. The van der Waals surface area contributed by atoms with Crippen molar-refractivity contribution in [2.24, 2.45) is 0 Å². The lowest BCUT2D eigenvalue weighted by atomic mass is 10.1. The minimum absolute atomic E-state index is 0.229. The van der Waals surface area contributed by atoms with E-state index >= 15 is 0 Å². The van der Waals surface area contributed by atoms with Crippen LogP contribution in [0, 0.1) is 12.7 Å². The van der Waals surface area contributed by atoms with Crippen LogP contribution >= 0.6 is 0 Å². The van der Waals surface area contributed by atoms with Gasteiger partial charge in [-0.05, 0) is 54.4 Å². The number of aromatic nitrogens is 2. The average Bonchev–Trinajstić information content (AvgIpc) is 3.24. The van der Waals surface area contributed by atoms with E-state index in [1.54, 1.807) is 11.0 Å². The predicted molar refractivity (Wildman–Crippen MR) is 132 cm³/mol. The molecule has 1 amide bonds. The molecule has 0 saturated heterocycles. The fraction of sp³-hybridized carbons (Fsp3) is 0.103. The number of hydrogen-bond donors (Lipinski definition) is 0. The van der Waals surface area contributed by atoms with Crippen molar-refractivity contribution in [3.05, 3.63) is 131 Å². The molecule has 1 heterocycles. The van der Waals surface area contributed by atoms with E-state index in [1.165, 1.54) is 12.1 Å². The normalized spacial score (nSPS) is 11.0. The molecule has 0 saturated carbocycles. The molecule has 4 aromatic carbocycles. The number of para-hydroxylation sites is 3. The maximum Gasteiger partial charge on any atom is 0.254 e. The maximum atomic E-state index is 14.1. The number of amides is 1. The van der Waals surface area contributed by atoms with Gasteiger partial charge in [-0.2, -0.15) is 0 Å². The van der Waals surface area contributed by atoms with Gasteiger partial charge in [0.25, 0.3) is 5.91 Å². The molecule has 0 unspecified atom stereocenters. The largest absolute Gasteiger partial charge is 0.327 e. The Kier molecular flexibility index (Phi) is 5.91. The van der Waals surface area contributed by atoms with Gasteiger partial charge in [-0.25, -0.2) is 9.37 Å². The number of hydrogen-bond acceptors (Lipinski definition) is 2. The standard InChI is InChI=1S/C29H24FN3O/c1-21-16-17-23(30)18-25(21)29(34)32(19-22-10-4-2-5-11-22)20-28-31-26-14-8-9-15-27(26)33(28)24-12-6-3-7-13-24/h2-18H,19-20H2,1H3. The van der Waals surface area contributed by atoms with Crippen LogP contribution in [0.3, 0.4) is 0 Å². The zero-order chi connectivity index (χ0) is 23.5. The molecular weight excluding hydrogens is 425 g/mol. The summed E-state index contributed by atoms with van der Waals surface area (Å²) in [6, 6.07) is 32.1. The van der Waals surface area contributed by atoms with E-state index in [1.807, 2.05) is 91.9 Å². The van der Waals surface area contributed by atoms with Gasteiger partial charge in [-0.3, -0.25) is 9.36 Å². The lowest BCUT2D eigenvalue weighted by Gasteiger charge is -2.24. The Morgan fingerprint density at radius 1 is 0.853 bits per heavy atom. The second-order valence-corrected chi connectivity index (χ2v) is 8.29. The van der Waals surface area contributed by atoms with Crippen LogP contribution in [0.1, 0.15) is 27.3 Å². The van der Waals surface area contributed by atoms with Crippen LogP contribution in [-0.2, 0) is 13.1 Å². The van der Waals surface area contributed by atoms with Crippen molar-refractivity contribution in [1.29, 1.82) is 0 Å². The predicted octanol–water partition coefficient (Wildman–Crippen LogP) is 6.32. The Balaban J connectivity index is 1.61. The van der Waals surface area contributed by atoms with Gasteiger partial charge in [0.05, 0.1) is 17.6 Å². The molecule has 0 aliphatic rings. The molecule has 34 heavy (non-hydrogen) atoms. The molecule has 0 aliphatic carbocycles. The second kappa shape index (κ2) is 9.32. The number of aryl methyl sites for hydroxylation is 1. The van der Waals surface area contributed by atoms with Gasteiger partial charge in [0, 0.05) is 17.8 Å². The van der Waals surface area contributed by atoms with Crippen molar-refractivity contribution in [3.8, 4) is 5.69 Å². The number of rotatable bonds is 6. The van der Waals surface area contributed by atoms with Gasteiger partial charge in [0.1, 0.15) is 11.6 Å². The van der Waals surface area contributed by atoms with Crippen LogP contribution in [0.15, 0.2) is 103 Å². The molecule has 1 aromatic heterocycles. The number of fused-ring (bicyclic) bond motifs is 1. The lowest BCUT2D eigenvalue weighted by molar-refractivity contribution is 0.0723. The Labute approximate surface area is 197 Å². The third-order valence-electron chi connectivity index (χ3n) is 5.91. The summed E-state index contributed by atoms with van der Waals surface area (Å²) in [6.07, 6.45) is 0. The average molecular weight is 450 g/mol. The SMILES string of the molecule is Cc1ccc(F)cc1C(=O)N(Cc1ccccc1)Cc1nc2ccccc2n1-c1ccccc1. The zero-order valence-electron chi connectivity index (χ0n) is 18.9. The molecule has 5 rings (SSSR count). The summed E-state index contributed by atoms with van der Waals surface area (Å²) in [4.78, 5) is 20.3. The van der Waals surface area contributed by atoms with Crippen LogP contribution < -0.4 is 0 Å². The van der Waals surface area contributed by atoms with Crippen molar-refractivity contribution in [1.82, 2.24) is 14.5 Å². The van der Waals surface area contributed by atoms with Crippen molar-refractivity contribution < 1.29 is 9.18 Å². The Morgan fingerprint density at radius 3 is 2.29 bits per heavy atom. The fourth-order valence-electron chi connectivity index (χ4n) is 4.22. The molecule has 0 spiro atoms. The Hall–Kier alpha value is -4.25. The van der Waals surface area contributed by atoms with Gasteiger partial charge in [0.2, 0.25) is 0 Å². The van der Waals surface area contributed by atoms with E-state index in [4.69, 9.17) is 4.98 Å². The summed E-state index contributed by atoms with van der Waals surface area (Å²) in [5.41, 5.74) is 4.89. The molecule has 0 N–H and O–H groups in total. The monoisotopic (exact) mass is 449 g/mol. The van der Waals surface area contributed by atoms with Crippen LogP contribution in [0.4, 0.5) is 4.39 Å². The molecule has 0 bridgehead atoms. The first-order valence-corrected chi connectivity index (χ1v) is 11.2. The summed E-state index contributed by atoms with van der Waals surface area (Å²) in [5.74, 6) is 0.0865. The summed E-state index contributed by atoms with van der Waals surface area (Å²) in [6.45, 7) is 2.48. The smallest absolute Gasteiger partial charge is 0.254 e. The van der Waals surface area contributed by atoms with E-state index in [9.17, 15) is 9.18 Å². The number of carbonyl (C=O) groups is 1. The number of benzene rings is 4. The first-order valence-electron chi connectivity index (χ1n) is 11.2. The van der Waals surface area contributed by atoms with Gasteiger partial charge in [-0.1, -0.05) is 66.7 Å². The topological polar surface area (TPSA) is 38.1 Å². The van der Waals surface area contributed by atoms with E-state index in [0.717, 1.165) is 33.7 Å². The van der Waals surface area contributed by atoms with E-state index in [-0.39, 0.29) is 12.5 Å². The Morgan fingerprint density at radius 2 is 1.53 bits per heavy atom. The highest BCUT2D eigenvalue weighted by atomic mass is 19.1. The number of nitrogens with zero attached hydrogens (tertiary/aromatic N) is 3. The molecule has 5 aromatic rings. The number of imidazole rings is 1. The van der Waals surface area contributed by atoms with Crippen molar-refractivity contribution >= 4 is 16.9 Å². The van der Waals surface area contributed by atoms with Crippen molar-refractivity contribution in [2.45, 2.75) is 20.0 Å².